The summed E-state index contributed by atoms with van der Waals surface area (Å²) in [6.07, 6.45) is 2.13. The summed E-state index contributed by atoms with van der Waals surface area (Å²) in [7, 11) is 1.60. The van der Waals surface area contributed by atoms with E-state index in [1.165, 1.54) is 0 Å². The van der Waals surface area contributed by atoms with E-state index in [9.17, 15) is 9.59 Å². The van der Waals surface area contributed by atoms with E-state index < -0.39 is 0 Å². The minimum atomic E-state index is -0.138. The molecule has 6 nitrogen and oxygen atoms in total. The number of carbonyl (C=O) groups is 2. The topological polar surface area (TPSA) is 67.2 Å². The van der Waals surface area contributed by atoms with E-state index in [4.69, 9.17) is 0 Å². The van der Waals surface area contributed by atoms with E-state index in [0.29, 0.717) is 37.7 Å². The molecule has 2 amide bonds. The monoisotopic (exact) mass is 264 g/mol. The van der Waals surface area contributed by atoms with Gasteiger partial charge < -0.3 is 14.8 Å². The van der Waals surface area contributed by atoms with Crippen LogP contribution in [0.25, 0.3) is 0 Å². The van der Waals surface area contributed by atoms with Crippen LogP contribution in [0.3, 0.4) is 0 Å². The van der Waals surface area contributed by atoms with Crippen molar-refractivity contribution in [2.24, 2.45) is 5.92 Å². The van der Waals surface area contributed by atoms with Gasteiger partial charge in [0.05, 0.1) is 12.7 Å². The summed E-state index contributed by atoms with van der Waals surface area (Å²) >= 11 is 0. The van der Waals surface area contributed by atoms with Gasteiger partial charge >= 0.3 is 0 Å². The van der Waals surface area contributed by atoms with Crippen molar-refractivity contribution in [1.82, 2.24) is 19.8 Å². The first-order chi connectivity index (χ1) is 9.02. The Kier molecular flexibility index (Phi) is 3.87. The van der Waals surface area contributed by atoms with Crippen molar-refractivity contribution in [1.29, 1.82) is 0 Å². The van der Waals surface area contributed by atoms with Gasteiger partial charge in [0.1, 0.15) is 11.5 Å². The molecular weight excluding hydrogens is 244 g/mol. The molecule has 0 saturated heterocycles. The van der Waals surface area contributed by atoms with Crippen LogP contribution >= 0.6 is 0 Å². The lowest BCUT2D eigenvalue weighted by Gasteiger charge is -2.29. The number of rotatable bonds is 3. The second-order valence-electron chi connectivity index (χ2n) is 5.20. The van der Waals surface area contributed by atoms with Gasteiger partial charge in [-0.05, 0) is 5.92 Å². The largest absolute Gasteiger partial charge is 0.354 e. The van der Waals surface area contributed by atoms with Gasteiger partial charge in [-0.3, -0.25) is 9.59 Å². The molecule has 0 unspecified atom stereocenters. The third-order valence-electron chi connectivity index (χ3n) is 3.26. The van der Waals surface area contributed by atoms with Crippen molar-refractivity contribution in [3.63, 3.8) is 0 Å². The summed E-state index contributed by atoms with van der Waals surface area (Å²) in [6.45, 7) is 5.82. The molecule has 0 atom stereocenters. The number of aromatic nitrogens is 2. The fraction of sp³-hybridized carbons (Fsp3) is 0.615. The summed E-state index contributed by atoms with van der Waals surface area (Å²) in [5.41, 5.74) is 0.563. The number of amides is 2. The van der Waals surface area contributed by atoms with Crippen LogP contribution in [-0.4, -0.2) is 39.9 Å². The standard InChI is InChI=1S/C13H20N4O2/c1-9(2)6-12(18)16-4-5-17-10(13(19)14-3)7-15-11(17)8-16/h7,9H,4-6,8H2,1-3H3,(H,14,19). The molecule has 0 fully saturated rings. The molecule has 6 heteroatoms. The number of fused-ring (bicyclic) bond motifs is 1. The third-order valence-corrected chi connectivity index (χ3v) is 3.26. The van der Waals surface area contributed by atoms with E-state index in [1.807, 2.05) is 23.3 Å². The third kappa shape index (κ3) is 2.77. The normalized spacial score (nSPS) is 14.4. The van der Waals surface area contributed by atoms with Gasteiger partial charge in [0.25, 0.3) is 5.91 Å². The van der Waals surface area contributed by atoms with Crippen LogP contribution in [0.1, 0.15) is 36.6 Å². The van der Waals surface area contributed by atoms with E-state index in [-0.39, 0.29) is 11.8 Å². The summed E-state index contributed by atoms with van der Waals surface area (Å²) in [4.78, 5) is 29.7. The Morgan fingerprint density at radius 2 is 2.16 bits per heavy atom. The predicted molar refractivity (Wildman–Crippen MR) is 70.5 cm³/mol. The van der Waals surface area contributed by atoms with Gasteiger partial charge in [0.15, 0.2) is 0 Å². The zero-order valence-corrected chi connectivity index (χ0v) is 11.6. The Hall–Kier alpha value is -1.85. The van der Waals surface area contributed by atoms with Gasteiger partial charge in [0.2, 0.25) is 5.91 Å². The van der Waals surface area contributed by atoms with E-state index in [1.54, 1.807) is 13.2 Å². The molecule has 104 valence electrons. The van der Waals surface area contributed by atoms with Crippen molar-refractivity contribution < 1.29 is 9.59 Å². The van der Waals surface area contributed by atoms with E-state index >= 15 is 0 Å². The Bertz CT molecular complexity index is 493. The summed E-state index contributed by atoms with van der Waals surface area (Å²) < 4.78 is 1.89. The highest BCUT2D eigenvalue weighted by Crippen LogP contribution is 2.16. The number of hydrogen-bond donors (Lipinski definition) is 1. The minimum absolute atomic E-state index is 0.138. The van der Waals surface area contributed by atoms with Crippen LogP contribution in [0.15, 0.2) is 6.20 Å². The van der Waals surface area contributed by atoms with Crippen LogP contribution < -0.4 is 5.32 Å². The molecule has 1 N–H and O–H groups in total. The Morgan fingerprint density at radius 3 is 2.79 bits per heavy atom. The summed E-state index contributed by atoms with van der Waals surface area (Å²) in [6, 6.07) is 0. The van der Waals surface area contributed by atoms with Crippen LogP contribution in [0.4, 0.5) is 0 Å². The Balaban J connectivity index is 2.11. The van der Waals surface area contributed by atoms with E-state index in [2.05, 4.69) is 10.3 Å². The molecular formula is C13H20N4O2. The molecule has 0 aromatic carbocycles. The maximum atomic E-state index is 12.0. The quantitative estimate of drug-likeness (QED) is 0.870. The molecule has 0 bridgehead atoms. The van der Waals surface area contributed by atoms with Crippen molar-refractivity contribution in [3.05, 3.63) is 17.7 Å². The van der Waals surface area contributed by atoms with Crippen LogP contribution in [-0.2, 0) is 17.9 Å². The molecule has 1 aliphatic rings. The first kappa shape index (κ1) is 13.6. The van der Waals surface area contributed by atoms with Crippen molar-refractivity contribution in [2.45, 2.75) is 33.4 Å². The smallest absolute Gasteiger partial charge is 0.269 e. The number of hydrogen-bond acceptors (Lipinski definition) is 3. The van der Waals surface area contributed by atoms with Gasteiger partial charge in [-0.1, -0.05) is 13.8 Å². The second-order valence-corrected chi connectivity index (χ2v) is 5.20. The number of nitrogens with one attached hydrogen (secondary N) is 1. The Morgan fingerprint density at radius 1 is 1.42 bits per heavy atom. The van der Waals surface area contributed by atoms with Gasteiger partial charge in [-0.15, -0.1) is 0 Å². The SMILES string of the molecule is CNC(=O)c1cnc2n1CCN(C(=O)CC(C)C)C2. The maximum Gasteiger partial charge on any atom is 0.269 e. The Labute approximate surface area is 112 Å². The molecule has 0 aliphatic carbocycles. The first-order valence-corrected chi connectivity index (χ1v) is 6.57. The molecule has 2 heterocycles. The molecule has 1 aromatic rings. The molecule has 0 radical (unpaired) electrons. The van der Waals surface area contributed by atoms with Gasteiger partial charge in [-0.25, -0.2) is 4.98 Å². The first-order valence-electron chi connectivity index (χ1n) is 6.57. The van der Waals surface area contributed by atoms with E-state index in [0.717, 1.165) is 5.82 Å². The van der Waals surface area contributed by atoms with Crippen LogP contribution in [0.5, 0.6) is 0 Å². The summed E-state index contributed by atoms with van der Waals surface area (Å²) in [5, 5.41) is 2.60. The number of nitrogens with zero attached hydrogens (tertiary/aromatic N) is 3. The lowest BCUT2D eigenvalue weighted by atomic mass is 10.1. The van der Waals surface area contributed by atoms with Crippen molar-refractivity contribution in [2.75, 3.05) is 13.6 Å². The van der Waals surface area contributed by atoms with Crippen LogP contribution in [0.2, 0.25) is 0 Å². The van der Waals surface area contributed by atoms with Crippen molar-refractivity contribution >= 4 is 11.8 Å². The average Bonchev–Trinajstić information content (AvgIpc) is 2.79. The molecule has 2 rings (SSSR count). The zero-order chi connectivity index (χ0) is 14.0. The van der Waals surface area contributed by atoms with Gasteiger partial charge in [0, 0.05) is 26.6 Å². The van der Waals surface area contributed by atoms with Crippen molar-refractivity contribution in [3.8, 4) is 0 Å². The van der Waals surface area contributed by atoms with Gasteiger partial charge in [-0.2, -0.15) is 0 Å². The lowest BCUT2D eigenvalue weighted by Crippen LogP contribution is -2.39. The summed E-state index contributed by atoms with van der Waals surface area (Å²) in [5.74, 6) is 1.16. The highest BCUT2D eigenvalue weighted by atomic mass is 16.2. The lowest BCUT2D eigenvalue weighted by molar-refractivity contribution is -0.133. The maximum absolute atomic E-state index is 12.0. The molecule has 1 aliphatic heterocycles. The molecule has 1 aromatic heterocycles. The van der Waals surface area contributed by atoms with Crippen LogP contribution in [0, 0.1) is 5.92 Å². The highest BCUT2D eigenvalue weighted by molar-refractivity contribution is 5.92. The fourth-order valence-corrected chi connectivity index (χ4v) is 2.26. The fourth-order valence-electron chi connectivity index (χ4n) is 2.26. The predicted octanol–water partition coefficient (Wildman–Crippen LogP) is 0.631. The average molecular weight is 264 g/mol. The highest BCUT2D eigenvalue weighted by Gasteiger charge is 2.25. The molecule has 19 heavy (non-hydrogen) atoms. The molecule has 0 spiro atoms. The second kappa shape index (κ2) is 5.42. The zero-order valence-electron chi connectivity index (χ0n) is 11.6. The number of imidazole rings is 1. The minimum Gasteiger partial charge on any atom is -0.354 e. The number of carbonyl (C=O) groups excluding carboxylic acids is 2. The molecule has 0 saturated carbocycles.